The van der Waals surface area contributed by atoms with Crippen LogP contribution < -0.4 is 5.56 Å². The summed E-state index contributed by atoms with van der Waals surface area (Å²) in [5.74, 6) is 1.16. The fourth-order valence-corrected chi connectivity index (χ4v) is 2.63. The van der Waals surface area contributed by atoms with E-state index in [1.54, 1.807) is 4.57 Å². The summed E-state index contributed by atoms with van der Waals surface area (Å²) in [4.78, 5) is 16.6. The number of aromatic nitrogens is 2. The SMILES string of the molecule is Cc1nc2n(c(=O)c1CCCl)CCCC2Cl. The van der Waals surface area contributed by atoms with E-state index in [0.717, 1.165) is 30.6 Å². The zero-order chi connectivity index (χ0) is 11.7. The number of alkyl halides is 2. The molecule has 0 aliphatic carbocycles. The molecule has 2 rings (SSSR count). The van der Waals surface area contributed by atoms with Gasteiger partial charge in [0.1, 0.15) is 5.82 Å². The molecule has 0 fully saturated rings. The largest absolute Gasteiger partial charge is 0.295 e. The van der Waals surface area contributed by atoms with Gasteiger partial charge in [-0.2, -0.15) is 0 Å². The van der Waals surface area contributed by atoms with Gasteiger partial charge < -0.3 is 0 Å². The Balaban J connectivity index is 2.58. The van der Waals surface area contributed by atoms with Gasteiger partial charge in [0.2, 0.25) is 0 Å². The molecule has 1 aromatic rings. The van der Waals surface area contributed by atoms with Crippen molar-refractivity contribution in [1.29, 1.82) is 0 Å². The summed E-state index contributed by atoms with van der Waals surface area (Å²) < 4.78 is 1.70. The molecule has 0 spiro atoms. The van der Waals surface area contributed by atoms with Gasteiger partial charge in [0.25, 0.3) is 5.56 Å². The maximum absolute atomic E-state index is 12.2. The predicted molar refractivity (Wildman–Crippen MR) is 65.5 cm³/mol. The fraction of sp³-hybridized carbons (Fsp3) is 0.636. The molecule has 2 heterocycles. The van der Waals surface area contributed by atoms with Crippen molar-refractivity contribution < 1.29 is 0 Å². The van der Waals surface area contributed by atoms with Crippen molar-refractivity contribution in [2.75, 3.05) is 5.88 Å². The highest BCUT2D eigenvalue weighted by Gasteiger charge is 2.22. The van der Waals surface area contributed by atoms with Crippen molar-refractivity contribution in [3.8, 4) is 0 Å². The van der Waals surface area contributed by atoms with Crippen molar-refractivity contribution in [2.24, 2.45) is 0 Å². The van der Waals surface area contributed by atoms with Gasteiger partial charge >= 0.3 is 0 Å². The molecular formula is C11H14Cl2N2O. The Morgan fingerprint density at radius 2 is 2.31 bits per heavy atom. The molecule has 88 valence electrons. The number of hydrogen-bond acceptors (Lipinski definition) is 2. The van der Waals surface area contributed by atoms with Crippen LogP contribution in [0.1, 0.15) is 35.3 Å². The van der Waals surface area contributed by atoms with Crippen LogP contribution in [0.2, 0.25) is 0 Å². The molecule has 1 aliphatic rings. The van der Waals surface area contributed by atoms with E-state index in [4.69, 9.17) is 23.2 Å². The number of fused-ring (bicyclic) bond motifs is 1. The maximum Gasteiger partial charge on any atom is 0.257 e. The molecule has 0 amide bonds. The van der Waals surface area contributed by atoms with Crippen LogP contribution in [-0.2, 0) is 13.0 Å². The number of nitrogens with zero attached hydrogens (tertiary/aromatic N) is 2. The highest BCUT2D eigenvalue weighted by atomic mass is 35.5. The van der Waals surface area contributed by atoms with Gasteiger partial charge in [0.15, 0.2) is 0 Å². The summed E-state index contributed by atoms with van der Waals surface area (Å²) in [6.45, 7) is 2.57. The molecule has 0 N–H and O–H groups in total. The van der Waals surface area contributed by atoms with Crippen molar-refractivity contribution in [2.45, 2.75) is 38.1 Å². The van der Waals surface area contributed by atoms with Crippen LogP contribution in [0.15, 0.2) is 4.79 Å². The molecule has 0 aromatic carbocycles. The highest BCUT2D eigenvalue weighted by molar-refractivity contribution is 6.20. The minimum atomic E-state index is -0.134. The van der Waals surface area contributed by atoms with Crippen LogP contribution in [-0.4, -0.2) is 15.4 Å². The average Bonchev–Trinajstić information content (AvgIpc) is 2.26. The summed E-state index contributed by atoms with van der Waals surface area (Å²) in [6.07, 6.45) is 2.40. The van der Waals surface area contributed by atoms with E-state index in [1.807, 2.05) is 6.92 Å². The molecule has 1 unspecified atom stereocenters. The van der Waals surface area contributed by atoms with E-state index in [1.165, 1.54) is 0 Å². The minimum absolute atomic E-state index is 0.0356. The van der Waals surface area contributed by atoms with E-state index in [2.05, 4.69) is 4.98 Å². The molecule has 1 atom stereocenters. The van der Waals surface area contributed by atoms with Gasteiger partial charge in [-0.15, -0.1) is 23.2 Å². The van der Waals surface area contributed by atoms with Gasteiger partial charge in [0.05, 0.1) is 5.38 Å². The lowest BCUT2D eigenvalue weighted by Gasteiger charge is -2.23. The Hall–Kier alpha value is -0.540. The molecule has 16 heavy (non-hydrogen) atoms. The van der Waals surface area contributed by atoms with E-state index >= 15 is 0 Å². The zero-order valence-electron chi connectivity index (χ0n) is 9.17. The van der Waals surface area contributed by atoms with Crippen molar-refractivity contribution in [3.05, 3.63) is 27.4 Å². The van der Waals surface area contributed by atoms with E-state index in [9.17, 15) is 4.79 Å². The molecule has 0 saturated carbocycles. The highest BCUT2D eigenvalue weighted by Crippen LogP contribution is 2.28. The third-order valence-electron chi connectivity index (χ3n) is 2.96. The van der Waals surface area contributed by atoms with Gasteiger partial charge in [0, 0.05) is 23.7 Å². The summed E-state index contributed by atoms with van der Waals surface area (Å²) in [6, 6.07) is 0. The van der Waals surface area contributed by atoms with Crippen LogP contribution in [0.3, 0.4) is 0 Å². The first-order chi connectivity index (χ1) is 7.65. The Morgan fingerprint density at radius 3 is 3.00 bits per heavy atom. The van der Waals surface area contributed by atoms with Crippen molar-refractivity contribution in [3.63, 3.8) is 0 Å². The predicted octanol–water partition coefficient (Wildman–Crippen LogP) is 2.41. The third kappa shape index (κ3) is 1.98. The van der Waals surface area contributed by atoms with Crippen LogP contribution in [0.25, 0.3) is 0 Å². The number of aryl methyl sites for hydroxylation is 1. The molecule has 5 heteroatoms. The molecule has 1 aromatic heterocycles. The second kappa shape index (κ2) is 4.76. The van der Waals surface area contributed by atoms with Gasteiger partial charge in [-0.3, -0.25) is 9.36 Å². The lowest BCUT2D eigenvalue weighted by Crippen LogP contribution is -2.32. The van der Waals surface area contributed by atoms with Crippen LogP contribution in [0.5, 0.6) is 0 Å². The van der Waals surface area contributed by atoms with E-state index in [0.29, 0.717) is 18.1 Å². The maximum atomic E-state index is 12.2. The van der Waals surface area contributed by atoms with E-state index in [-0.39, 0.29) is 10.9 Å². The van der Waals surface area contributed by atoms with Gasteiger partial charge in [-0.25, -0.2) is 4.98 Å². The van der Waals surface area contributed by atoms with Crippen LogP contribution in [0, 0.1) is 6.92 Å². The van der Waals surface area contributed by atoms with Crippen molar-refractivity contribution in [1.82, 2.24) is 9.55 Å². The second-order valence-corrected chi connectivity index (χ2v) is 4.94. The number of hydrogen-bond donors (Lipinski definition) is 0. The standard InChI is InChI=1S/C11H14Cl2N2O/c1-7-8(4-5-12)11(16)15-6-2-3-9(13)10(15)14-7/h9H,2-6H2,1H3. The zero-order valence-corrected chi connectivity index (χ0v) is 10.7. The molecule has 0 radical (unpaired) electrons. The molecule has 1 aliphatic heterocycles. The monoisotopic (exact) mass is 260 g/mol. The Morgan fingerprint density at radius 1 is 1.56 bits per heavy atom. The van der Waals surface area contributed by atoms with E-state index < -0.39 is 0 Å². The minimum Gasteiger partial charge on any atom is -0.295 e. The van der Waals surface area contributed by atoms with Crippen LogP contribution >= 0.6 is 23.2 Å². The molecular weight excluding hydrogens is 247 g/mol. The fourth-order valence-electron chi connectivity index (χ4n) is 2.12. The number of rotatable bonds is 2. The third-order valence-corrected chi connectivity index (χ3v) is 3.57. The number of halogens is 2. The van der Waals surface area contributed by atoms with Crippen molar-refractivity contribution >= 4 is 23.2 Å². The second-order valence-electron chi connectivity index (χ2n) is 4.04. The van der Waals surface area contributed by atoms with Crippen LogP contribution in [0.4, 0.5) is 0 Å². The average molecular weight is 261 g/mol. The normalized spacial score (nSPS) is 19.6. The first-order valence-corrected chi connectivity index (χ1v) is 6.42. The molecule has 3 nitrogen and oxygen atoms in total. The summed E-state index contributed by atoms with van der Waals surface area (Å²) in [5.41, 5.74) is 1.53. The topological polar surface area (TPSA) is 34.9 Å². The quantitative estimate of drug-likeness (QED) is 0.766. The molecule has 0 bridgehead atoms. The Kier molecular flexibility index (Phi) is 3.55. The lowest BCUT2D eigenvalue weighted by atomic mass is 10.1. The Labute approximate surface area is 104 Å². The smallest absolute Gasteiger partial charge is 0.257 e. The summed E-state index contributed by atoms with van der Waals surface area (Å²) in [7, 11) is 0. The van der Waals surface area contributed by atoms with Gasteiger partial charge in [-0.05, 0) is 26.2 Å². The summed E-state index contributed by atoms with van der Waals surface area (Å²) >= 11 is 11.9. The summed E-state index contributed by atoms with van der Waals surface area (Å²) in [5, 5.41) is -0.134. The molecule has 0 saturated heterocycles. The first-order valence-electron chi connectivity index (χ1n) is 5.45. The first kappa shape index (κ1) is 11.9. The Bertz CT molecular complexity index is 456. The lowest BCUT2D eigenvalue weighted by molar-refractivity contribution is 0.480. The van der Waals surface area contributed by atoms with Gasteiger partial charge in [-0.1, -0.05) is 0 Å².